The summed E-state index contributed by atoms with van der Waals surface area (Å²) >= 11 is 3.29. The summed E-state index contributed by atoms with van der Waals surface area (Å²) in [6, 6.07) is 3.41. The van der Waals surface area contributed by atoms with E-state index in [-0.39, 0.29) is 18.2 Å². The fourth-order valence-corrected chi connectivity index (χ4v) is 1.83. The van der Waals surface area contributed by atoms with Crippen LogP contribution in [0.1, 0.15) is 26.0 Å². The van der Waals surface area contributed by atoms with Gasteiger partial charge in [-0.1, -0.05) is 19.0 Å². The lowest BCUT2D eigenvalue weighted by molar-refractivity contribution is -0.124. The van der Waals surface area contributed by atoms with Gasteiger partial charge < -0.3 is 15.3 Å². The molecule has 2 N–H and O–H groups in total. The highest BCUT2D eigenvalue weighted by Gasteiger charge is 2.08. The lowest BCUT2D eigenvalue weighted by Gasteiger charge is -2.06. The van der Waals surface area contributed by atoms with Crippen molar-refractivity contribution in [2.24, 2.45) is 16.8 Å². The molecule has 0 radical (unpaired) electrons. The number of oxime groups is 1. The van der Waals surface area contributed by atoms with Crippen LogP contribution in [-0.4, -0.2) is 30.3 Å². The number of nitrogens with zero attached hydrogens (tertiary/aromatic N) is 2. The molecule has 7 heteroatoms. The Morgan fingerprint density at radius 1 is 1.50 bits per heavy atom. The first-order valence-electron chi connectivity index (χ1n) is 6.12. The maximum atomic E-state index is 11.4. The number of ketones is 1. The molecule has 0 spiro atoms. The molecule has 0 saturated carbocycles. The predicted molar refractivity (Wildman–Crippen MR) is 79.6 cm³/mol. The maximum Gasteiger partial charge on any atom is 0.228 e. The molecule has 0 aliphatic rings. The molecule has 0 amide bonds. The van der Waals surface area contributed by atoms with Crippen LogP contribution in [0.5, 0.6) is 5.88 Å². The Hall–Kier alpha value is -1.63. The molecule has 1 aromatic rings. The first kappa shape index (κ1) is 16.4. The van der Waals surface area contributed by atoms with Crippen LogP contribution >= 0.6 is 15.9 Å². The van der Waals surface area contributed by atoms with Gasteiger partial charge in [0.15, 0.2) is 18.2 Å². The average molecular weight is 344 g/mol. The molecule has 0 atom stereocenters. The Bertz CT molecular complexity index is 504. The zero-order chi connectivity index (χ0) is 15.1. The van der Waals surface area contributed by atoms with Gasteiger partial charge in [-0.25, -0.2) is 4.98 Å². The van der Waals surface area contributed by atoms with Gasteiger partial charge in [-0.05, 0) is 34.0 Å². The number of Topliss-reactive ketones (excluding diaryl/α,β-unsaturated/α-hetero) is 1. The number of nitrogens with two attached hydrogens (primary N) is 1. The van der Waals surface area contributed by atoms with Crippen molar-refractivity contribution in [2.45, 2.75) is 20.3 Å². The van der Waals surface area contributed by atoms with Crippen molar-refractivity contribution in [3.8, 4) is 5.88 Å². The highest BCUT2D eigenvalue weighted by Crippen LogP contribution is 2.21. The molecule has 110 valence electrons. The van der Waals surface area contributed by atoms with Gasteiger partial charge in [0.05, 0.1) is 11.6 Å². The van der Waals surface area contributed by atoms with E-state index < -0.39 is 0 Å². The summed E-state index contributed by atoms with van der Waals surface area (Å²) in [5.41, 5.74) is 6.15. The molecule has 0 fully saturated rings. The van der Waals surface area contributed by atoms with Gasteiger partial charge in [0.2, 0.25) is 5.88 Å². The number of rotatable bonds is 7. The lowest BCUT2D eigenvalue weighted by atomic mass is 10.1. The largest absolute Gasteiger partial charge is 0.480 e. The number of carbonyl (C=O) groups is 1. The monoisotopic (exact) mass is 343 g/mol. The van der Waals surface area contributed by atoms with Crippen LogP contribution in [-0.2, 0) is 9.63 Å². The Kier molecular flexibility index (Phi) is 6.44. The summed E-state index contributed by atoms with van der Waals surface area (Å²) in [5, 5.41) is 3.69. The number of hydrogen-bond donors (Lipinski definition) is 1. The summed E-state index contributed by atoms with van der Waals surface area (Å²) in [7, 11) is 1.51. The topological polar surface area (TPSA) is 86.8 Å². The van der Waals surface area contributed by atoms with E-state index in [0.29, 0.717) is 28.4 Å². The van der Waals surface area contributed by atoms with Crippen molar-refractivity contribution < 1.29 is 14.4 Å². The summed E-state index contributed by atoms with van der Waals surface area (Å²) in [6.45, 7) is 3.84. The van der Waals surface area contributed by atoms with Gasteiger partial charge in [0.25, 0.3) is 0 Å². The van der Waals surface area contributed by atoms with E-state index in [1.165, 1.54) is 7.11 Å². The number of aromatic nitrogens is 1. The molecule has 0 saturated heterocycles. The first-order chi connectivity index (χ1) is 9.43. The Labute approximate surface area is 126 Å². The third-order valence-electron chi connectivity index (χ3n) is 2.29. The van der Waals surface area contributed by atoms with Crippen LogP contribution in [0.4, 0.5) is 0 Å². The number of halogens is 1. The van der Waals surface area contributed by atoms with Crippen molar-refractivity contribution in [3.05, 3.63) is 22.3 Å². The van der Waals surface area contributed by atoms with Crippen LogP contribution in [0.3, 0.4) is 0 Å². The number of ether oxygens (including phenoxy) is 1. The van der Waals surface area contributed by atoms with E-state index in [0.717, 1.165) is 0 Å². The number of carbonyl (C=O) groups excluding carboxylic acids is 1. The van der Waals surface area contributed by atoms with Crippen molar-refractivity contribution in [1.82, 2.24) is 4.98 Å². The Morgan fingerprint density at radius 3 is 2.80 bits per heavy atom. The smallest absolute Gasteiger partial charge is 0.228 e. The van der Waals surface area contributed by atoms with Crippen LogP contribution in [0.2, 0.25) is 0 Å². The van der Waals surface area contributed by atoms with E-state index in [9.17, 15) is 4.79 Å². The zero-order valence-electron chi connectivity index (χ0n) is 11.7. The number of pyridine rings is 1. The number of amidine groups is 1. The molecule has 0 aliphatic carbocycles. The maximum absolute atomic E-state index is 11.4. The summed E-state index contributed by atoms with van der Waals surface area (Å²) in [6.07, 6.45) is 0.458. The third-order valence-corrected chi connectivity index (χ3v) is 2.90. The Balaban J connectivity index is 2.63. The second kappa shape index (κ2) is 7.84. The normalized spacial score (nSPS) is 11.6. The molecule has 1 rings (SSSR count). The molecule has 0 aliphatic heterocycles. The number of hydrogen-bond acceptors (Lipinski definition) is 5. The van der Waals surface area contributed by atoms with Crippen molar-refractivity contribution in [1.29, 1.82) is 0 Å². The van der Waals surface area contributed by atoms with Gasteiger partial charge in [0.1, 0.15) is 5.69 Å². The minimum Gasteiger partial charge on any atom is -0.480 e. The van der Waals surface area contributed by atoms with E-state index in [1.807, 2.05) is 13.8 Å². The van der Waals surface area contributed by atoms with Gasteiger partial charge >= 0.3 is 0 Å². The molecule has 0 unspecified atom stereocenters. The van der Waals surface area contributed by atoms with Gasteiger partial charge in [0, 0.05) is 6.42 Å². The van der Waals surface area contributed by atoms with Crippen LogP contribution < -0.4 is 10.5 Å². The summed E-state index contributed by atoms with van der Waals surface area (Å²) in [5.74, 6) is 0.771. The van der Waals surface area contributed by atoms with Crippen molar-refractivity contribution in [3.63, 3.8) is 0 Å². The molecular weight excluding hydrogens is 326 g/mol. The van der Waals surface area contributed by atoms with Gasteiger partial charge in [-0.15, -0.1) is 0 Å². The fraction of sp³-hybridized carbons (Fsp3) is 0.462. The molecular formula is C13H18BrN3O3. The highest BCUT2D eigenvalue weighted by atomic mass is 79.9. The molecule has 1 heterocycles. The quantitative estimate of drug-likeness (QED) is 0.465. The van der Waals surface area contributed by atoms with E-state index in [1.54, 1.807) is 12.1 Å². The predicted octanol–water partition coefficient (Wildman–Crippen LogP) is 2.10. The van der Waals surface area contributed by atoms with E-state index in [2.05, 4.69) is 26.1 Å². The lowest BCUT2D eigenvalue weighted by Crippen LogP contribution is -2.17. The SMILES string of the molecule is COc1nc(/C(N)=N/OCC(=O)CC(C)C)ccc1Br. The van der Waals surface area contributed by atoms with Crippen LogP contribution in [0.15, 0.2) is 21.8 Å². The standard InChI is InChI=1S/C13H18BrN3O3/c1-8(2)6-9(18)7-20-17-12(15)11-5-4-10(14)13(16-11)19-3/h4-5,8H,6-7H2,1-3H3,(H2,15,17). The third kappa shape index (κ3) is 5.16. The van der Waals surface area contributed by atoms with Gasteiger partial charge in [-0.3, -0.25) is 4.79 Å². The molecule has 1 aromatic heterocycles. The van der Waals surface area contributed by atoms with Crippen LogP contribution in [0, 0.1) is 5.92 Å². The van der Waals surface area contributed by atoms with Gasteiger partial charge in [-0.2, -0.15) is 0 Å². The minimum atomic E-state index is -0.0907. The summed E-state index contributed by atoms with van der Waals surface area (Å²) in [4.78, 5) is 20.5. The summed E-state index contributed by atoms with van der Waals surface area (Å²) < 4.78 is 5.77. The average Bonchev–Trinajstić information content (AvgIpc) is 2.38. The van der Waals surface area contributed by atoms with Crippen LogP contribution in [0.25, 0.3) is 0 Å². The molecule has 0 aromatic carbocycles. The van der Waals surface area contributed by atoms with Crippen molar-refractivity contribution >= 4 is 27.5 Å². The highest BCUT2D eigenvalue weighted by molar-refractivity contribution is 9.10. The van der Waals surface area contributed by atoms with E-state index in [4.69, 9.17) is 15.3 Å². The molecule has 20 heavy (non-hydrogen) atoms. The first-order valence-corrected chi connectivity index (χ1v) is 6.91. The molecule has 6 nitrogen and oxygen atoms in total. The minimum absolute atomic E-state index is 0.0158. The zero-order valence-corrected chi connectivity index (χ0v) is 13.3. The van der Waals surface area contributed by atoms with E-state index >= 15 is 0 Å². The second-order valence-electron chi connectivity index (χ2n) is 4.57. The second-order valence-corrected chi connectivity index (χ2v) is 5.43. The Morgan fingerprint density at radius 2 is 2.20 bits per heavy atom. The number of methoxy groups -OCH3 is 1. The van der Waals surface area contributed by atoms with Crippen molar-refractivity contribution in [2.75, 3.05) is 13.7 Å². The molecule has 0 bridgehead atoms. The fourth-order valence-electron chi connectivity index (χ4n) is 1.44.